The first-order chi connectivity index (χ1) is 9.86. The van der Waals surface area contributed by atoms with Crippen LogP contribution in [0.2, 0.25) is 0 Å². The first-order valence-corrected chi connectivity index (χ1v) is 17.6. The van der Waals surface area contributed by atoms with Gasteiger partial charge in [-0.3, -0.25) is 0 Å². The summed E-state index contributed by atoms with van der Waals surface area (Å²) in [6.07, 6.45) is -0.562. The van der Waals surface area contributed by atoms with Crippen LogP contribution in [0.25, 0.3) is 0 Å². The predicted octanol–water partition coefficient (Wildman–Crippen LogP) is 3.58. The average molecular weight is 604 g/mol. The number of carbonyl (C=O) groups excluding carboxylic acids is 1. The van der Waals surface area contributed by atoms with Crippen molar-refractivity contribution in [1.82, 2.24) is 5.06 Å². The fourth-order valence-electron chi connectivity index (χ4n) is 1.63. The van der Waals surface area contributed by atoms with Gasteiger partial charge in [-0.05, 0) is 0 Å². The molecule has 0 radical (unpaired) electrons. The van der Waals surface area contributed by atoms with Crippen molar-refractivity contribution in [3.63, 3.8) is 0 Å². The molecule has 0 saturated heterocycles. The van der Waals surface area contributed by atoms with E-state index in [-0.39, 0.29) is 11.8 Å². The van der Waals surface area contributed by atoms with Gasteiger partial charge in [0.1, 0.15) is 0 Å². The SMILES string of the molecule is CON(C)C(=O)C(Oc1ccccc1[CH]=[Ru]([I])[I])C(C)C. The van der Waals surface area contributed by atoms with Crippen molar-refractivity contribution < 1.29 is 22.8 Å². The molecule has 21 heavy (non-hydrogen) atoms. The molecule has 0 aliphatic heterocycles. The van der Waals surface area contributed by atoms with Gasteiger partial charge in [0, 0.05) is 0 Å². The third-order valence-corrected chi connectivity index (χ3v) is 6.32. The number of amides is 1. The summed E-state index contributed by atoms with van der Waals surface area (Å²) in [5.74, 6) is 0.623. The molecule has 1 aromatic carbocycles. The van der Waals surface area contributed by atoms with Gasteiger partial charge in [0.05, 0.1) is 0 Å². The summed E-state index contributed by atoms with van der Waals surface area (Å²) in [6.45, 7) is 3.93. The van der Waals surface area contributed by atoms with Crippen molar-refractivity contribution in [3.05, 3.63) is 29.8 Å². The molecule has 1 amide bonds. The second kappa shape index (κ2) is 9.52. The van der Waals surface area contributed by atoms with Gasteiger partial charge in [0.2, 0.25) is 0 Å². The van der Waals surface area contributed by atoms with E-state index < -0.39 is 14.6 Å². The van der Waals surface area contributed by atoms with Gasteiger partial charge in [-0.1, -0.05) is 0 Å². The molecule has 1 atom stereocenters. The molecule has 0 fully saturated rings. The van der Waals surface area contributed by atoms with Gasteiger partial charge >= 0.3 is 154 Å². The van der Waals surface area contributed by atoms with Crippen LogP contribution in [0.1, 0.15) is 19.4 Å². The van der Waals surface area contributed by atoms with Crippen LogP contribution in [0.15, 0.2) is 24.3 Å². The molecule has 1 rings (SSSR count). The normalized spacial score (nSPS) is 12.8. The Labute approximate surface area is 152 Å². The quantitative estimate of drug-likeness (QED) is 0.284. The molecule has 1 unspecified atom stereocenters. The molecule has 0 aliphatic carbocycles. The van der Waals surface area contributed by atoms with E-state index in [0.717, 1.165) is 11.3 Å². The molecule has 0 aliphatic rings. The fraction of sp³-hybridized carbons (Fsp3) is 0.429. The summed E-state index contributed by atoms with van der Waals surface area (Å²) in [7, 11) is 2.10. The number of hydroxylamine groups is 2. The van der Waals surface area contributed by atoms with Gasteiger partial charge in [-0.25, -0.2) is 0 Å². The van der Waals surface area contributed by atoms with E-state index in [0.29, 0.717) is 0 Å². The molecule has 1 aromatic rings. The minimum absolute atomic E-state index is 0.0517. The number of hydrogen-bond acceptors (Lipinski definition) is 3. The Morgan fingerprint density at radius 2 is 1.95 bits per heavy atom. The van der Waals surface area contributed by atoms with Crippen LogP contribution in [0.3, 0.4) is 0 Å². The summed E-state index contributed by atoms with van der Waals surface area (Å²) in [5, 5.41) is 1.21. The van der Waals surface area contributed by atoms with Gasteiger partial charge < -0.3 is 0 Å². The molecule has 4 nitrogen and oxygen atoms in total. The molecule has 7 heteroatoms. The van der Waals surface area contributed by atoms with Crippen LogP contribution in [-0.4, -0.2) is 35.8 Å². The van der Waals surface area contributed by atoms with E-state index in [1.807, 2.05) is 38.1 Å². The number of nitrogens with zero attached hydrogens (tertiary/aromatic N) is 1. The molecule has 0 aromatic heterocycles. The van der Waals surface area contributed by atoms with Gasteiger partial charge in [-0.15, -0.1) is 0 Å². The summed E-state index contributed by atoms with van der Waals surface area (Å²) in [6, 6.07) is 7.84. The third-order valence-electron chi connectivity index (χ3n) is 2.79. The number of halogens is 2. The van der Waals surface area contributed by atoms with E-state index in [1.54, 1.807) is 7.05 Å². The molecular weight excluding hydrogens is 585 g/mol. The zero-order valence-electron chi connectivity index (χ0n) is 12.3. The summed E-state index contributed by atoms with van der Waals surface area (Å²) in [5.41, 5.74) is 1.05. The van der Waals surface area contributed by atoms with Gasteiger partial charge in [0.15, 0.2) is 0 Å². The Morgan fingerprint density at radius 1 is 1.33 bits per heavy atom. The van der Waals surface area contributed by atoms with E-state index in [9.17, 15) is 4.79 Å². The number of likely N-dealkylation sites (N-methyl/N-ethyl adjacent to an activating group) is 1. The van der Waals surface area contributed by atoms with E-state index in [4.69, 9.17) is 9.57 Å². The molecular formula is C14H19I2NO3Ru. The Kier molecular flexibility index (Phi) is 8.82. The first kappa shape index (κ1) is 19.5. The number of carbonyl (C=O) groups is 1. The monoisotopic (exact) mass is 605 g/mol. The summed E-state index contributed by atoms with van der Waals surface area (Å²) in [4.78, 5) is 17.3. The number of hydrogen-bond donors (Lipinski definition) is 0. The number of ether oxygens (including phenoxy) is 1. The van der Waals surface area contributed by atoms with Crippen LogP contribution in [-0.2, 0) is 18.1 Å². The zero-order chi connectivity index (χ0) is 16.0. The van der Waals surface area contributed by atoms with Crippen molar-refractivity contribution in [2.75, 3.05) is 14.2 Å². The van der Waals surface area contributed by atoms with Crippen LogP contribution >= 0.6 is 39.5 Å². The minimum atomic E-state index is -0.971. The Balaban J connectivity index is 3.05. The maximum atomic E-state index is 12.3. The van der Waals surface area contributed by atoms with Crippen LogP contribution < -0.4 is 4.74 Å². The van der Waals surface area contributed by atoms with Crippen molar-refractivity contribution >= 4 is 50.0 Å². The molecule has 0 N–H and O–H groups in total. The topological polar surface area (TPSA) is 38.8 Å². The van der Waals surface area contributed by atoms with Crippen LogP contribution in [0.4, 0.5) is 0 Å². The fourth-order valence-corrected chi connectivity index (χ4v) is 5.26. The Hall–Kier alpha value is 0.403. The molecule has 0 spiro atoms. The van der Waals surface area contributed by atoms with Crippen molar-refractivity contribution in [2.45, 2.75) is 20.0 Å². The molecule has 0 saturated carbocycles. The van der Waals surface area contributed by atoms with Crippen molar-refractivity contribution in [3.8, 4) is 5.75 Å². The predicted molar refractivity (Wildman–Crippen MR) is 98.7 cm³/mol. The van der Waals surface area contributed by atoms with Gasteiger partial charge in [-0.2, -0.15) is 0 Å². The molecule has 120 valence electrons. The summed E-state index contributed by atoms with van der Waals surface area (Å²) >= 11 is 4.93. The number of para-hydroxylation sites is 1. The standard InChI is InChI=1S/C14H19NO3.2HI.Ru/c1-10(2)13(14(16)15(4)17-5)18-12-9-7-6-8-11(12)3;;;/h3,6-10,13H,1-2,4-5H3;2*1H;/q;;;+2/p-2. The average Bonchev–Trinajstić information content (AvgIpc) is 2.43. The van der Waals surface area contributed by atoms with E-state index in [2.05, 4.69) is 44.1 Å². The molecule has 0 bridgehead atoms. The van der Waals surface area contributed by atoms with E-state index in [1.165, 1.54) is 12.2 Å². The van der Waals surface area contributed by atoms with E-state index >= 15 is 0 Å². The van der Waals surface area contributed by atoms with Crippen molar-refractivity contribution in [2.24, 2.45) is 5.92 Å². The Bertz CT molecular complexity index is 519. The third kappa shape index (κ3) is 6.19. The van der Waals surface area contributed by atoms with Crippen molar-refractivity contribution in [1.29, 1.82) is 0 Å². The molecule has 0 heterocycles. The van der Waals surface area contributed by atoms with Gasteiger partial charge in [0.25, 0.3) is 0 Å². The first-order valence-electron chi connectivity index (χ1n) is 6.27. The number of rotatable bonds is 6. The number of benzene rings is 1. The zero-order valence-corrected chi connectivity index (χ0v) is 18.4. The van der Waals surface area contributed by atoms with Crippen LogP contribution in [0, 0.1) is 5.92 Å². The maximum absolute atomic E-state index is 12.3. The summed E-state index contributed by atoms with van der Waals surface area (Å²) < 4.78 is 8.25. The Morgan fingerprint density at radius 3 is 2.48 bits per heavy atom. The second-order valence-corrected chi connectivity index (χ2v) is 24.5. The van der Waals surface area contributed by atoms with Crippen LogP contribution in [0.5, 0.6) is 5.75 Å². The second-order valence-electron chi connectivity index (χ2n) is 4.65.